The number of carbonyl (C=O) groups excluding carboxylic acids is 1. The van der Waals surface area contributed by atoms with Crippen LogP contribution in [0.25, 0.3) is 0 Å². The summed E-state index contributed by atoms with van der Waals surface area (Å²) in [4.78, 5) is 19.4. The van der Waals surface area contributed by atoms with E-state index in [0.717, 1.165) is 44.8 Å². The van der Waals surface area contributed by atoms with Crippen LogP contribution in [0.2, 0.25) is 0 Å². The third-order valence-corrected chi connectivity index (χ3v) is 6.24. The Balaban J connectivity index is 1.59. The summed E-state index contributed by atoms with van der Waals surface area (Å²) in [6.07, 6.45) is 8.36. The van der Waals surface area contributed by atoms with Gasteiger partial charge in [0.05, 0.1) is 13.2 Å². The second-order valence-corrected chi connectivity index (χ2v) is 8.51. The van der Waals surface area contributed by atoms with Crippen LogP contribution in [0.15, 0.2) is 29.3 Å². The third-order valence-electron chi connectivity index (χ3n) is 6.24. The molecule has 1 heterocycles. The summed E-state index contributed by atoms with van der Waals surface area (Å²) in [5.41, 5.74) is 1.26. The van der Waals surface area contributed by atoms with E-state index in [1.54, 1.807) is 7.11 Å². The lowest BCUT2D eigenvalue weighted by molar-refractivity contribution is -0.120. The molecule has 1 atom stereocenters. The summed E-state index contributed by atoms with van der Waals surface area (Å²) in [6.45, 7) is 5.91. The molecule has 1 aliphatic carbocycles. The first-order valence-electron chi connectivity index (χ1n) is 11.9. The zero-order chi connectivity index (χ0) is 21.9. The number of nitrogens with one attached hydrogen (secondary N) is 3. The fraction of sp³-hybridized carbons (Fsp3) is 0.667. The van der Waals surface area contributed by atoms with Gasteiger partial charge in [0.15, 0.2) is 5.96 Å². The Hall–Kier alpha value is -2.28. The number of guanidine groups is 1. The normalized spacial score (nSPS) is 19.1. The minimum absolute atomic E-state index is 0.00958. The average molecular weight is 430 g/mol. The van der Waals surface area contributed by atoms with Crippen molar-refractivity contribution in [3.05, 3.63) is 29.8 Å². The number of benzene rings is 1. The molecule has 1 aromatic carbocycles. The van der Waals surface area contributed by atoms with Crippen LogP contribution in [0.3, 0.4) is 0 Å². The lowest BCUT2D eigenvalue weighted by atomic mass is 9.95. The van der Waals surface area contributed by atoms with Gasteiger partial charge in [-0.1, -0.05) is 31.4 Å². The molecule has 1 aliphatic heterocycles. The van der Waals surface area contributed by atoms with Crippen molar-refractivity contribution in [2.45, 2.75) is 64.0 Å². The van der Waals surface area contributed by atoms with Crippen molar-refractivity contribution in [3.8, 4) is 5.75 Å². The van der Waals surface area contributed by atoms with Crippen LogP contribution < -0.4 is 20.7 Å². The number of amides is 1. The lowest BCUT2D eigenvalue weighted by Crippen LogP contribution is -2.43. The van der Waals surface area contributed by atoms with E-state index < -0.39 is 0 Å². The minimum atomic E-state index is 0.00958. The Labute approximate surface area is 187 Å². The van der Waals surface area contributed by atoms with E-state index in [2.05, 4.69) is 38.0 Å². The van der Waals surface area contributed by atoms with Crippen LogP contribution in [0.4, 0.5) is 0 Å². The first-order valence-corrected chi connectivity index (χ1v) is 11.9. The second kappa shape index (κ2) is 12.5. The molecule has 1 amide bonds. The Bertz CT molecular complexity index is 694. The number of rotatable bonds is 9. The maximum Gasteiger partial charge on any atom is 0.242 e. The molecular weight excluding hydrogens is 390 g/mol. The van der Waals surface area contributed by atoms with Gasteiger partial charge in [-0.2, -0.15) is 0 Å². The van der Waals surface area contributed by atoms with Crippen molar-refractivity contribution in [2.75, 3.05) is 39.8 Å². The molecule has 3 N–H and O–H groups in total. The van der Waals surface area contributed by atoms with Gasteiger partial charge in [0.2, 0.25) is 5.91 Å². The Morgan fingerprint density at radius 2 is 1.81 bits per heavy atom. The highest BCUT2D eigenvalue weighted by atomic mass is 16.5. The molecule has 7 heteroatoms. The van der Waals surface area contributed by atoms with E-state index in [1.165, 1.54) is 37.7 Å². The predicted octanol–water partition coefficient (Wildman–Crippen LogP) is 2.84. The quantitative estimate of drug-likeness (QED) is 0.416. The zero-order valence-corrected chi connectivity index (χ0v) is 19.2. The van der Waals surface area contributed by atoms with Crippen LogP contribution in [0.5, 0.6) is 5.75 Å². The highest BCUT2D eigenvalue weighted by Gasteiger charge is 2.24. The Morgan fingerprint density at radius 1 is 1.10 bits per heavy atom. The van der Waals surface area contributed by atoms with Gasteiger partial charge in [0, 0.05) is 19.1 Å². The number of aliphatic imine (C=N–C) groups is 1. The van der Waals surface area contributed by atoms with E-state index in [0.29, 0.717) is 12.0 Å². The van der Waals surface area contributed by atoms with Crippen LogP contribution in [0.1, 0.15) is 63.5 Å². The van der Waals surface area contributed by atoms with Crippen molar-refractivity contribution in [3.63, 3.8) is 0 Å². The molecule has 1 aromatic rings. The fourth-order valence-corrected chi connectivity index (χ4v) is 4.54. The highest BCUT2D eigenvalue weighted by Crippen LogP contribution is 2.26. The molecule has 2 fully saturated rings. The molecule has 3 rings (SSSR count). The highest BCUT2D eigenvalue weighted by molar-refractivity contribution is 5.85. The first-order chi connectivity index (χ1) is 15.2. The molecule has 7 nitrogen and oxygen atoms in total. The van der Waals surface area contributed by atoms with Crippen molar-refractivity contribution in [1.82, 2.24) is 20.9 Å². The summed E-state index contributed by atoms with van der Waals surface area (Å²) in [7, 11) is 1.69. The van der Waals surface area contributed by atoms with E-state index in [-0.39, 0.29) is 18.5 Å². The number of nitrogens with zero attached hydrogens (tertiary/aromatic N) is 2. The van der Waals surface area contributed by atoms with Gasteiger partial charge in [0.1, 0.15) is 12.3 Å². The standard InChI is InChI=1S/C24H39N5O2/c1-3-25-24(27-18-23(30)28-20-9-5-4-6-10-20)26-17-22(29-15-7-8-16-29)19-11-13-21(31-2)14-12-19/h11-14,20,22H,3-10,15-18H2,1-2H3,(H,28,30)(H2,25,26,27). The molecule has 0 aromatic heterocycles. The maximum absolute atomic E-state index is 12.4. The van der Waals surface area contributed by atoms with Gasteiger partial charge in [-0.05, 0) is 63.4 Å². The molecule has 1 unspecified atom stereocenters. The summed E-state index contributed by atoms with van der Waals surface area (Å²) in [5.74, 6) is 1.57. The summed E-state index contributed by atoms with van der Waals surface area (Å²) in [6, 6.07) is 8.91. The van der Waals surface area contributed by atoms with Gasteiger partial charge >= 0.3 is 0 Å². The zero-order valence-electron chi connectivity index (χ0n) is 19.2. The SMILES string of the molecule is CCNC(=NCC(=O)NC1CCCCC1)NCC(c1ccc(OC)cc1)N1CCCC1. The summed E-state index contributed by atoms with van der Waals surface area (Å²) in [5, 5.41) is 9.89. The number of likely N-dealkylation sites (tertiary alicyclic amines) is 1. The molecule has 31 heavy (non-hydrogen) atoms. The molecule has 2 aliphatic rings. The number of ether oxygens (including phenoxy) is 1. The first kappa shape index (κ1) is 23.4. The summed E-state index contributed by atoms with van der Waals surface area (Å²) < 4.78 is 5.32. The number of hydrogen-bond donors (Lipinski definition) is 3. The Kier molecular flexibility index (Phi) is 9.46. The monoisotopic (exact) mass is 429 g/mol. The van der Waals surface area contributed by atoms with Gasteiger partial charge in [0.25, 0.3) is 0 Å². The largest absolute Gasteiger partial charge is 0.497 e. The lowest BCUT2D eigenvalue weighted by Gasteiger charge is -2.29. The number of hydrogen-bond acceptors (Lipinski definition) is 4. The molecule has 0 radical (unpaired) electrons. The molecule has 1 saturated heterocycles. The molecule has 172 valence electrons. The van der Waals surface area contributed by atoms with Gasteiger partial charge < -0.3 is 20.7 Å². The van der Waals surface area contributed by atoms with Crippen LogP contribution in [-0.4, -0.2) is 62.6 Å². The molecule has 0 spiro atoms. The van der Waals surface area contributed by atoms with Crippen LogP contribution in [-0.2, 0) is 4.79 Å². The van der Waals surface area contributed by atoms with Crippen LogP contribution >= 0.6 is 0 Å². The van der Waals surface area contributed by atoms with Crippen molar-refractivity contribution < 1.29 is 9.53 Å². The Morgan fingerprint density at radius 3 is 2.45 bits per heavy atom. The molecular formula is C24H39N5O2. The topological polar surface area (TPSA) is 78.0 Å². The van der Waals surface area contributed by atoms with Crippen molar-refractivity contribution >= 4 is 11.9 Å². The minimum Gasteiger partial charge on any atom is -0.497 e. The fourth-order valence-electron chi connectivity index (χ4n) is 4.54. The third kappa shape index (κ3) is 7.42. The summed E-state index contributed by atoms with van der Waals surface area (Å²) >= 11 is 0. The average Bonchev–Trinajstić information content (AvgIpc) is 3.33. The van der Waals surface area contributed by atoms with E-state index in [4.69, 9.17) is 4.74 Å². The van der Waals surface area contributed by atoms with Gasteiger partial charge in [-0.25, -0.2) is 4.99 Å². The van der Waals surface area contributed by atoms with Crippen LogP contribution in [0, 0.1) is 0 Å². The molecule has 1 saturated carbocycles. The number of methoxy groups -OCH3 is 1. The van der Waals surface area contributed by atoms with Gasteiger partial charge in [-0.15, -0.1) is 0 Å². The van der Waals surface area contributed by atoms with E-state index in [9.17, 15) is 4.79 Å². The van der Waals surface area contributed by atoms with Crippen molar-refractivity contribution in [2.24, 2.45) is 4.99 Å². The second-order valence-electron chi connectivity index (χ2n) is 8.51. The van der Waals surface area contributed by atoms with Crippen molar-refractivity contribution in [1.29, 1.82) is 0 Å². The van der Waals surface area contributed by atoms with Gasteiger partial charge in [-0.3, -0.25) is 9.69 Å². The molecule has 0 bridgehead atoms. The number of carbonyl (C=O) groups is 1. The van der Waals surface area contributed by atoms with E-state index in [1.807, 2.05) is 19.1 Å². The maximum atomic E-state index is 12.4. The smallest absolute Gasteiger partial charge is 0.242 e. The predicted molar refractivity (Wildman–Crippen MR) is 126 cm³/mol. The van der Waals surface area contributed by atoms with E-state index >= 15 is 0 Å².